The lowest BCUT2D eigenvalue weighted by Crippen LogP contribution is -2.43. The van der Waals surface area contributed by atoms with Crippen LogP contribution in [0.4, 0.5) is 5.69 Å². The van der Waals surface area contributed by atoms with E-state index in [0.717, 1.165) is 31.5 Å². The summed E-state index contributed by atoms with van der Waals surface area (Å²) in [6, 6.07) is 6.63. The van der Waals surface area contributed by atoms with E-state index in [2.05, 4.69) is 16.8 Å². The van der Waals surface area contributed by atoms with Gasteiger partial charge in [-0.05, 0) is 57.7 Å². The van der Waals surface area contributed by atoms with Crippen molar-refractivity contribution in [3.8, 4) is 0 Å². The van der Waals surface area contributed by atoms with Crippen molar-refractivity contribution in [3.63, 3.8) is 0 Å². The highest BCUT2D eigenvalue weighted by atomic mass is 16.6. The monoisotopic (exact) mass is 293 g/mol. The summed E-state index contributed by atoms with van der Waals surface area (Å²) < 4.78 is 0. The van der Waals surface area contributed by atoms with Crippen molar-refractivity contribution in [2.75, 3.05) is 33.7 Å². The molecule has 1 atom stereocenters. The number of nitrogens with zero attached hydrogens (tertiary/aromatic N) is 3. The molecule has 0 bridgehead atoms. The molecule has 1 aliphatic heterocycles. The Hall–Kier alpha value is -1.50. The SMILES string of the molecule is CN1CCC(N(C)CC(O)c2ccc([N+](=O)[O-])cc2)CC1. The largest absolute Gasteiger partial charge is 0.387 e. The van der Waals surface area contributed by atoms with Crippen molar-refractivity contribution < 1.29 is 10.0 Å². The van der Waals surface area contributed by atoms with Gasteiger partial charge in [-0.15, -0.1) is 0 Å². The number of nitro groups is 1. The number of aliphatic hydroxyl groups is 1. The van der Waals surface area contributed by atoms with E-state index in [1.54, 1.807) is 12.1 Å². The number of piperidine rings is 1. The van der Waals surface area contributed by atoms with Crippen LogP contribution in [0.15, 0.2) is 24.3 Å². The molecule has 116 valence electrons. The van der Waals surface area contributed by atoms with E-state index in [9.17, 15) is 15.2 Å². The second-order valence-corrected chi connectivity index (χ2v) is 5.84. The van der Waals surface area contributed by atoms with Crippen molar-refractivity contribution in [1.82, 2.24) is 9.80 Å². The average molecular weight is 293 g/mol. The van der Waals surface area contributed by atoms with Gasteiger partial charge in [0.05, 0.1) is 11.0 Å². The first-order chi connectivity index (χ1) is 9.97. The topological polar surface area (TPSA) is 69.8 Å². The van der Waals surface area contributed by atoms with Crippen LogP contribution < -0.4 is 0 Å². The summed E-state index contributed by atoms with van der Waals surface area (Å²) in [7, 11) is 4.16. The van der Waals surface area contributed by atoms with Crippen molar-refractivity contribution in [2.24, 2.45) is 0 Å². The van der Waals surface area contributed by atoms with Crippen molar-refractivity contribution >= 4 is 5.69 Å². The molecule has 0 radical (unpaired) electrons. The molecule has 1 fully saturated rings. The predicted octanol–water partition coefficient (Wildman–Crippen LogP) is 1.65. The molecule has 2 rings (SSSR count). The second-order valence-electron chi connectivity index (χ2n) is 5.84. The Kier molecular flexibility index (Phi) is 5.27. The maximum Gasteiger partial charge on any atom is 0.269 e. The molecule has 0 aromatic heterocycles. The van der Waals surface area contributed by atoms with Gasteiger partial charge in [0.1, 0.15) is 0 Å². The number of aliphatic hydroxyl groups excluding tert-OH is 1. The fourth-order valence-corrected chi connectivity index (χ4v) is 2.78. The molecule has 1 aliphatic rings. The minimum absolute atomic E-state index is 0.0506. The summed E-state index contributed by atoms with van der Waals surface area (Å²) in [6.45, 7) is 2.72. The zero-order chi connectivity index (χ0) is 15.4. The molecule has 6 heteroatoms. The molecule has 21 heavy (non-hydrogen) atoms. The van der Waals surface area contributed by atoms with E-state index in [1.807, 2.05) is 7.05 Å². The lowest BCUT2D eigenvalue weighted by atomic mass is 10.0. The zero-order valence-electron chi connectivity index (χ0n) is 12.6. The molecular formula is C15H23N3O3. The van der Waals surface area contributed by atoms with Gasteiger partial charge in [-0.1, -0.05) is 0 Å². The molecule has 0 aliphatic carbocycles. The Morgan fingerprint density at radius 3 is 2.48 bits per heavy atom. The summed E-state index contributed by atoms with van der Waals surface area (Å²) in [6.07, 6.45) is 1.61. The van der Waals surface area contributed by atoms with E-state index < -0.39 is 11.0 Å². The van der Waals surface area contributed by atoms with Crippen LogP contribution in [0.3, 0.4) is 0 Å². The van der Waals surface area contributed by atoms with Crippen molar-refractivity contribution in [2.45, 2.75) is 25.0 Å². The molecule has 1 aromatic carbocycles. The molecule has 1 heterocycles. The van der Waals surface area contributed by atoms with Crippen LogP contribution in [0.1, 0.15) is 24.5 Å². The van der Waals surface area contributed by atoms with Crippen LogP contribution in [0.5, 0.6) is 0 Å². The first kappa shape index (κ1) is 15.9. The normalized spacial score (nSPS) is 18.9. The Bertz CT molecular complexity index is 470. The molecule has 1 saturated heterocycles. The molecular weight excluding hydrogens is 270 g/mol. The lowest BCUT2D eigenvalue weighted by Gasteiger charge is -2.36. The smallest absolute Gasteiger partial charge is 0.269 e. The standard InChI is InChI=1S/C15H23N3O3/c1-16-9-7-13(8-10-16)17(2)11-15(19)12-3-5-14(6-4-12)18(20)21/h3-6,13,15,19H,7-11H2,1-2H3. The highest BCUT2D eigenvalue weighted by Gasteiger charge is 2.22. The molecule has 0 spiro atoms. The highest BCUT2D eigenvalue weighted by Crippen LogP contribution is 2.21. The van der Waals surface area contributed by atoms with Gasteiger partial charge in [0.2, 0.25) is 0 Å². The lowest BCUT2D eigenvalue weighted by molar-refractivity contribution is -0.384. The third-order valence-corrected chi connectivity index (χ3v) is 4.26. The molecule has 1 unspecified atom stereocenters. The number of benzene rings is 1. The van der Waals surface area contributed by atoms with Gasteiger partial charge in [0.15, 0.2) is 0 Å². The molecule has 0 saturated carbocycles. The van der Waals surface area contributed by atoms with Crippen molar-refractivity contribution in [3.05, 3.63) is 39.9 Å². The van der Waals surface area contributed by atoms with Gasteiger partial charge >= 0.3 is 0 Å². The van der Waals surface area contributed by atoms with Crippen LogP contribution in [-0.2, 0) is 0 Å². The van der Waals surface area contributed by atoms with Gasteiger partial charge in [0.25, 0.3) is 5.69 Å². The third-order valence-electron chi connectivity index (χ3n) is 4.26. The van der Waals surface area contributed by atoms with Gasteiger partial charge in [-0.25, -0.2) is 0 Å². The number of likely N-dealkylation sites (tertiary alicyclic amines) is 1. The Balaban J connectivity index is 1.91. The first-order valence-electron chi connectivity index (χ1n) is 7.28. The van der Waals surface area contributed by atoms with Gasteiger partial charge < -0.3 is 14.9 Å². The summed E-state index contributed by atoms with van der Waals surface area (Å²) in [4.78, 5) is 14.7. The Morgan fingerprint density at radius 2 is 1.95 bits per heavy atom. The zero-order valence-corrected chi connectivity index (χ0v) is 12.6. The fraction of sp³-hybridized carbons (Fsp3) is 0.600. The molecule has 0 amide bonds. The maximum atomic E-state index is 10.6. The quantitative estimate of drug-likeness (QED) is 0.660. The number of hydrogen-bond donors (Lipinski definition) is 1. The average Bonchev–Trinajstić information content (AvgIpc) is 2.47. The van der Waals surface area contributed by atoms with Crippen LogP contribution in [0.2, 0.25) is 0 Å². The van der Waals surface area contributed by atoms with Crippen LogP contribution in [-0.4, -0.2) is 59.6 Å². The number of nitro benzene ring substituents is 1. The van der Waals surface area contributed by atoms with E-state index in [-0.39, 0.29) is 5.69 Å². The molecule has 1 N–H and O–H groups in total. The summed E-state index contributed by atoms with van der Waals surface area (Å²) in [5.41, 5.74) is 0.773. The minimum atomic E-state index is -0.615. The minimum Gasteiger partial charge on any atom is -0.387 e. The maximum absolute atomic E-state index is 10.6. The van der Waals surface area contributed by atoms with Gasteiger partial charge in [0, 0.05) is 24.7 Å². The summed E-state index contributed by atoms with van der Waals surface area (Å²) >= 11 is 0. The second kappa shape index (κ2) is 6.98. The highest BCUT2D eigenvalue weighted by molar-refractivity contribution is 5.33. The Morgan fingerprint density at radius 1 is 1.38 bits per heavy atom. The molecule has 6 nitrogen and oxygen atoms in total. The van der Waals surface area contributed by atoms with Crippen molar-refractivity contribution in [1.29, 1.82) is 0 Å². The van der Waals surface area contributed by atoms with Crippen LogP contribution in [0.25, 0.3) is 0 Å². The summed E-state index contributed by atoms with van der Waals surface area (Å²) in [5, 5.41) is 20.9. The van der Waals surface area contributed by atoms with Gasteiger partial charge in [-0.2, -0.15) is 0 Å². The number of non-ortho nitro benzene ring substituents is 1. The Labute approximate surface area is 125 Å². The van der Waals surface area contributed by atoms with E-state index >= 15 is 0 Å². The van der Waals surface area contributed by atoms with Crippen LogP contribution >= 0.6 is 0 Å². The number of rotatable bonds is 5. The van der Waals surface area contributed by atoms with Gasteiger partial charge in [-0.3, -0.25) is 10.1 Å². The predicted molar refractivity (Wildman–Crippen MR) is 81.2 cm³/mol. The first-order valence-corrected chi connectivity index (χ1v) is 7.28. The fourth-order valence-electron chi connectivity index (χ4n) is 2.78. The third kappa shape index (κ3) is 4.23. The van der Waals surface area contributed by atoms with E-state index in [1.165, 1.54) is 12.1 Å². The number of likely N-dealkylation sites (N-methyl/N-ethyl adjacent to an activating group) is 1. The van der Waals surface area contributed by atoms with E-state index in [0.29, 0.717) is 12.6 Å². The number of hydrogen-bond acceptors (Lipinski definition) is 5. The van der Waals surface area contributed by atoms with Crippen LogP contribution in [0, 0.1) is 10.1 Å². The van der Waals surface area contributed by atoms with E-state index in [4.69, 9.17) is 0 Å². The summed E-state index contributed by atoms with van der Waals surface area (Å²) in [5.74, 6) is 0. The molecule has 1 aromatic rings.